The van der Waals surface area contributed by atoms with Crippen LogP contribution in [0.3, 0.4) is 0 Å². The average molecular weight is 239 g/mol. The Labute approximate surface area is 95.8 Å². The molecular formula is C11H7ClO2S. The molecule has 0 amide bonds. The second-order valence-corrected chi connectivity index (χ2v) is 4.71. The van der Waals surface area contributed by atoms with Crippen molar-refractivity contribution < 1.29 is 9.90 Å². The van der Waals surface area contributed by atoms with Crippen molar-refractivity contribution >= 4 is 29.2 Å². The predicted octanol–water partition coefficient (Wildman–Crippen LogP) is 3.59. The normalized spacial score (nSPS) is 10.2. The second-order valence-electron chi connectivity index (χ2n) is 3.00. The van der Waals surface area contributed by atoms with Gasteiger partial charge in [0.2, 0.25) is 0 Å². The fraction of sp³-hybridized carbons (Fsp3) is 0. The van der Waals surface area contributed by atoms with E-state index in [1.165, 1.54) is 17.4 Å². The summed E-state index contributed by atoms with van der Waals surface area (Å²) in [5, 5.41) is 9.33. The molecule has 15 heavy (non-hydrogen) atoms. The summed E-state index contributed by atoms with van der Waals surface area (Å²) in [5.41, 5.74) is 1.17. The molecule has 76 valence electrons. The molecule has 0 radical (unpaired) electrons. The maximum Gasteiger partial charge on any atom is 0.153 e. The standard InChI is InChI=1S/C11H7ClO2S/c12-11-4-3-10(15-11)7-1-2-9(14)8(5-7)6-13/h1-6,14H. The van der Waals surface area contributed by atoms with Gasteiger partial charge in [-0.15, -0.1) is 11.3 Å². The Bertz CT molecular complexity index is 505. The molecule has 1 heterocycles. The highest BCUT2D eigenvalue weighted by atomic mass is 35.5. The van der Waals surface area contributed by atoms with E-state index in [4.69, 9.17) is 11.6 Å². The van der Waals surface area contributed by atoms with Crippen LogP contribution >= 0.6 is 22.9 Å². The smallest absolute Gasteiger partial charge is 0.153 e. The molecule has 2 aromatic rings. The van der Waals surface area contributed by atoms with Crippen LogP contribution < -0.4 is 0 Å². The largest absolute Gasteiger partial charge is 0.507 e. The molecule has 0 unspecified atom stereocenters. The highest BCUT2D eigenvalue weighted by Crippen LogP contribution is 2.32. The van der Waals surface area contributed by atoms with Gasteiger partial charge in [0.15, 0.2) is 6.29 Å². The summed E-state index contributed by atoms with van der Waals surface area (Å²) in [6.07, 6.45) is 0.633. The van der Waals surface area contributed by atoms with Crippen molar-refractivity contribution in [3.63, 3.8) is 0 Å². The Hall–Kier alpha value is -1.32. The average Bonchev–Trinajstić information content (AvgIpc) is 2.66. The molecule has 2 nitrogen and oxygen atoms in total. The lowest BCUT2D eigenvalue weighted by atomic mass is 10.1. The first-order chi connectivity index (χ1) is 7.20. The fourth-order valence-corrected chi connectivity index (χ4v) is 2.31. The minimum absolute atomic E-state index is 0.00333. The van der Waals surface area contributed by atoms with Gasteiger partial charge in [0.1, 0.15) is 5.75 Å². The molecule has 0 bridgehead atoms. The van der Waals surface area contributed by atoms with Crippen molar-refractivity contribution in [2.75, 3.05) is 0 Å². The number of hydrogen-bond acceptors (Lipinski definition) is 3. The number of aldehydes is 1. The van der Waals surface area contributed by atoms with E-state index >= 15 is 0 Å². The molecule has 0 saturated heterocycles. The molecule has 0 aliphatic carbocycles. The van der Waals surface area contributed by atoms with Gasteiger partial charge < -0.3 is 5.11 Å². The van der Waals surface area contributed by atoms with E-state index in [0.717, 1.165) is 10.4 Å². The van der Waals surface area contributed by atoms with Gasteiger partial charge in [-0.25, -0.2) is 0 Å². The number of carbonyl (C=O) groups excluding carboxylic acids is 1. The van der Waals surface area contributed by atoms with Gasteiger partial charge in [-0.05, 0) is 35.9 Å². The van der Waals surface area contributed by atoms with E-state index < -0.39 is 0 Å². The number of benzene rings is 1. The number of thiophene rings is 1. The van der Waals surface area contributed by atoms with Crippen molar-refractivity contribution in [1.82, 2.24) is 0 Å². The lowest BCUT2D eigenvalue weighted by Crippen LogP contribution is -1.82. The van der Waals surface area contributed by atoms with Gasteiger partial charge in [-0.1, -0.05) is 11.6 Å². The first kappa shape index (κ1) is 10.2. The topological polar surface area (TPSA) is 37.3 Å². The van der Waals surface area contributed by atoms with Gasteiger partial charge in [0, 0.05) is 4.88 Å². The molecule has 0 atom stereocenters. The van der Waals surface area contributed by atoms with Crippen molar-refractivity contribution in [2.24, 2.45) is 0 Å². The van der Waals surface area contributed by atoms with Crippen LogP contribution in [0.1, 0.15) is 10.4 Å². The lowest BCUT2D eigenvalue weighted by Gasteiger charge is -2.00. The van der Waals surface area contributed by atoms with E-state index in [1.54, 1.807) is 18.2 Å². The Morgan fingerprint density at radius 3 is 2.67 bits per heavy atom. The number of aromatic hydroxyl groups is 1. The van der Waals surface area contributed by atoms with E-state index in [1.807, 2.05) is 6.07 Å². The minimum Gasteiger partial charge on any atom is -0.507 e. The zero-order valence-electron chi connectivity index (χ0n) is 7.61. The Balaban J connectivity index is 2.50. The summed E-state index contributed by atoms with van der Waals surface area (Å²) < 4.78 is 0.700. The van der Waals surface area contributed by atoms with Crippen LogP contribution in [-0.2, 0) is 0 Å². The van der Waals surface area contributed by atoms with E-state index in [9.17, 15) is 9.90 Å². The van der Waals surface area contributed by atoms with Crippen molar-refractivity contribution in [2.45, 2.75) is 0 Å². The zero-order chi connectivity index (χ0) is 10.8. The minimum atomic E-state index is -0.00333. The number of halogens is 1. The number of rotatable bonds is 2. The third kappa shape index (κ3) is 2.03. The van der Waals surface area contributed by atoms with Crippen molar-refractivity contribution in [3.05, 3.63) is 40.2 Å². The van der Waals surface area contributed by atoms with E-state index in [-0.39, 0.29) is 11.3 Å². The van der Waals surface area contributed by atoms with Crippen LogP contribution in [0.5, 0.6) is 5.75 Å². The van der Waals surface area contributed by atoms with Gasteiger partial charge >= 0.3 is 0 Å². The molecule has 1 aromatic carbocycles. The van der Waals surface area contributed by atoms with Crippen LogP contribution in [0.2, 0.25) is 4.34 Å². The maximum atomic E-state index is 10.6. The molecule has 0 aliphatic rings. The summed E-state index contributed by atoms with van der Waals surface area (Å²) in [6.45, 7) is 0. The highest BCUT2D eigenvalue weighted by Gasteiger charge is 2.05. The molecule has 1 aromatic heterocycles. The van der Waals surface area contributed by atoms with Crippen LogP contribution in [-0.4, -0.2) is 11.4 Å². The van der Waals surface area contributed by atoms with Crippen LogP contribution in [0, 0.1) is 0 Å². The van der Waals surface area contributed by atoms with Crippen molar-refractivity contribution in [1.29, 1.82) is 0 Å². The molecule has 0 fully saturated rings. The molecule has 0 aliphatic heterocycles. The third-order valence-electron chi connectivity index (χ3n) is 2.01. The molecule has 0 saturated carbocycles. The van der Waals surface area contributed by atoms with Crippen molar-refractivity contribution in [3.8, 4) is 16.2 Å². The van der Waals surface area contributed by atoms with Gasteiger partial charge in [-0.2, -0.15) is 0 Å². The SMILES string of the molecule is O=Cc1cc(-c2ccc(Cl)s2)ccc1O. The summed E-state index contributed by atoms with van der Waals surface area (Å²) in [7, 11) is 0. The monoisotopic (exact) mass is 238 g/mol. The third-order valence-corrected chi connectivity index (χ3v) is 3.29. The molecule has 4 heteroatoms. The van der Waals surface area contributed by atoms with E-state index in [2.05, 4.69) is 0 Å². The van der Waals surface area contributed by atoms with Gasteiger partial charge in [0.05, 0.1) is 9.90 Å². The zero-order valence-corrected chi connectivity index (χ0v) is 9.18. The summed E-state index contributed by atoms with van der Waals surface area (Å²) in [6, 6.07) is 8.59. The first-order valence-corrected chi connectivity index (χ1v) is 5.44. The number of carbonyl (C=O) groups is 1. The Morgan fingerprint density at radius 2 is 2.07 bits per heavy atom. The van der Waals surface area contributed by atoms with Crippen LogP contribution in [0.25, 0.3) is 10.4 Å². The Kier molecular flexibility index (Phi) is 2.75. The van der Waals surface area contributed by atoms with Crippen LogP contribution in [0.15, 0.2) is 30.3 Å². The maximum absolute atomic E-state index is 10.6. The number of phenols is 1. The molecule has 2 rings (SSSR count). The van der Waals surface area contributed by atoms with Crippen LogP contribution in [0.4, 0.5) is 0 Å². The fourth-order valence-electron chi connectivity index (χ4n) is 1.27. The number of hydrogen-bond donors (Lipinski definition) is 1. The summed E-state index contributed by atoms with van der Waals surface area (Å²) in [4.78, 5) is 11.6. The molecule has 1 N–H and O–H groups in total. The Morgan fingerprint density at radius 1 is 1.27 bits per heavy atom. The number of phenolic OH excluding ortho intramolecular Hbond substituents is 1. The van der Waals surface area contributed by atoms with Gasteiger partial charge in [-0.3, -0.25) is 4.79 Å². The summed E-state index contributed by atoms with van der Waals surface area (Å²) in [5.74, 6) is -0.00333. The van der Waals surface area contributed by atoms with Gasteiger partial charge in [0.25, 0.3) is 0 Å². The highest BCUT2D eigenvalue weighted by molar-refractivity contribution is 7.19. The lowest BCUT2D eigenvalue weighted by molar-refractivity contribution is 0.112. The summed E-state index contributed by atoms with van der Waals surface area (Å²) >= 11 is 7.25. The molecule has 0 spiro atoms. The predicted molar refractivity (Wildman–Crippen MR) is 61.8 cm³/mol. The van der Waals surface area contributed by atoms with E-state index in [0.29, 0.717) is 10.6 Å². The second kappa shape index (κ2) is 4.04. The first-order valence-electron chi connectivity index (χ1n) is 4.24. The molecular weight excluding hydrogens is 232 g/mol. The quantitative estimate of drug-likeness (QED) is 0.812.